The Morgan fingerprint density at radius 1 is 1.22 bits per heavy atom. The summed E-state index contributed by atoms with van der Waals surface area (Å²) in [5.74, 6) is 7.57. The normalized spacial score (nSPS) is 13.8. The highest BCUT2D eigenvalue weighted by atomic mass is 32.2. The molecule has 0 amide bonds. The van der Waals surface area contributed by atoms with Crippen LogP contribution in [-0.4, -0.2) is 15.2 Å². The SMILES string of the molecule is CC(C)C(C)Sc1cc(NN)nc(C(C)(C)C)n1. The molecule has 0 saturated carbocycles. The molecule has 0 spiro atoms. The first-order valence-corrected chi connectivity index (χ1v) is 7.15. The van der Waals surface area contributed by atoms with Crippen LogP contribution in [0.1, 0.15) is 47.4 Å². The van der Waals surface area contributed by atoms with Gasteiger partial charge in [0.25, 0.3) is 0 Å². The lowest BCUT2D eigenvalue weighted by Gasteiger charge is -2.20. The molecule has 3 N–H and O–H groups in total. The van der Waals surface area contributed by atoms with E-state index in [9.17, 15) is 0 Å². The summed E-state index contributed by atoms with van der Waals surface area (Å²) in [6, 6.07) is 1.90. The minimum atomic E-state index is -0.0801. The number of thioether (sulfide) groups is 1. The summed E-state index contributed by atoms with van der Waals surface area (Å²) in [5, 5.41) is 1.49. The van der Waals surface area contributed by atoms with E-state index in [4.69, 9.17) is 5.84 Å². The largest absolute Gasteiger partial charge is 0.308 e. The van der Waals surface area contributed by atoms with Gasteiger partial charge in [-0.25, -0.2) is 15.8 Å². The molecule has 0 aromatic carbocycles. The highest BCUT2D eigenvalue weighted by Crippen LogP contribution is 2.29. The van der Waals surface area contributed by atoms with Crippen LogP contribution in [0.15, 0.2) is 11.1 Å². The molecule has 1 unspecified atom stereocenters. The van der Waals surface area contributed by atoms with Gasteiger partial charge >= 0.3 is 0 Å². The van der Waals surface area contributed by atoms with Gasteiger partial charge in [-0.2, -0.15) is 0 Å². The molecule has 1 atom stereocenters. The van der Waals surface area contributed by atoms with Gasteiger partial charge < -0.3 is 5.43 Å². The molecule has 0 saturated heterocycles. The standard InChI is InChI=1S/C13H24N4S/c1-8(2)9(3)18-11-7-10(17-14)15-12(16-11)13(4,5)6/h7-9H,14H2,1-6H3,(H,15,16,17). The Morgan fingerprint density at radius 3 is 2.28 bits per heavy atom. The second-order valence-corrected chi connectivity index (χ2v) is 7.27. The van der Waals surface area contributed by atoms with Crippen molar-refractivity contribution in [1.29, 1.82) is 0 Å². The van der Waals surface area contributed by atoms with Crippen molar-refractivity contribution in [3.8, 4) is 0 Å². The second kappa shape index (κ2) is 5.89. The summed E-state index contributed by atoms with van der Waals surface area (Å²) in [4.78, 5) is 9.05. The van der Waals surface area contributed by atoms with Crippen LogP contribution in [0, 0.1) is 5.92 Å². The number of anilines is 1. The summed E-state index contributed by atoms with van der Waals surface area (Å²) in [6.07, 6.45) is 0. The Labute approximate surface area is 114 Å². The summed E-state index contributed by atoms with van der Waals surface area (Å²) in [6.45, 7) is 12.9. The van der Waals surface area contributed by atoms with Crippen LogP contribution in [-0.2, 0) is 5.41 Å². The van der Waals surface area contributed by atoms with Crippen LogP contribution >= 0.6 is 11.8 Å². The van der Waals surface area contributed by atoms with Crippen LogP contribution < -0.4 is 11.3 Å². The van der Waals surface area contributed by atoms with Crippen molar-refractivity contribution in [2.24, 2.45) is 11.8 Å². The molecular formula is C13H24N4S. The quantitative estimate of drug-likeness (QED) is 0.380. The Hall–Kier alpha value is -0.810. The fraction of sp³-hybridized carbons (Fsp3) is 0.692. The van der Waals surface area contributed by atoms with Gasteiger partial charge in [0.2, 0.25) is 0 Å². The van der Waals surface area contributed by atoms with Crippen molar-refractivity contribution >= 4 is 17.6 Å². The van der Waals surface area contributed by atoms with Crippen molar-refractivity contribution in [2.45, 2.75) is 57.2 Å². The molecule has 1 heterocycles. The number of nitrogens with one attached hydrogen (secondary N) is 1. The maximum Gasteiger partial charge on any atom is 0.144 e. The molecule has 4 nitrogen and oxygen atoms in total. The van der Waals surface area contributed by atoms with Crippen LogP contribution in [0.5, 0.6) is 0 Å². The number of aromatic nitrogens is 2. The maximum atomic E-state index is 5.47. The summed E-state index contributed by atoms with van der Waals surface area (Å²) < 4.78 is 0. The molecule has 18 heavy (non-hydrogen) atoms. The third-order valence-corrected chi connectivity index (χ3v) is 4.13. The van der Waals surface area contributed by atoms with Crippen LogP contribution in [0.25, 0.3) is 0 Å². The highest BCUT2D eigenvalue weighted by molar-refractivity contribution is 7.99. The molecule has 0 radical (unpaired) electrons. The summed E-state index contributed by atoms with van der Waals surface area (Å²) in [7, 11) is 0. The van der Waals surface area contributed by atoms with E-state index in [-0.39, 0.29) is 5.41 Å². The molecule has 1 aromatic heterocycles. The van der Waals surface area contributed by atoms with Gasteiger partial charge in [0, 0.05) is 16.7 Å². The molecule has 1 aromatic rings. The first-order chi connectivity index (χ1) is 8.24. The van der Waals surface area contributed by atoms with E-state index in [0.29, 0.717) is 17.0 Å². The first kappa shape index (κ1) is 15.2. The zero-order valence-corrected chi connectivity index (χ0v) is 12.9. The van der Waals surface area contributed by atoms with Crippen molar-refractivity contribution in [2.75, 3.05) is 5.43 Å². The average molecular weight is 268 g/mol. The Morgan fingerprint density at radius 2 is 1.83 bits per heavy atom. The Kier molecular flexibility index (Phi) is 4.99. The predicted molar refractivity (Wildman–Crippen MR) is 78.7 cm³/mol. The van der Waals surface area contributed by atoms with Crippen LogP contribution in [0.4, 0.5) is 5.82 Å². The lowest BCUT2D eigenvalue weighted by atomic mass is 9.96. The smallest absolute Gasteiger partial charge is 0.144 e. The van der Waals surface area contributed by atoms with E-state index in [0.717, 1.165) is 10.9 Å². The van der Waals surface area contributed by atoms with E-state index in [1.165, 1.54) is 0 Å². The lowest BCUT2D eigenvalue weighted by Crippen LogP contribution is -2.19. The third kappa shape index (κ3) is 4.14. The van der Waals surface area contributed by atoms with Gasteiger partial charge in [-0.05, 0) is 5.92 Å². The van der Waals surface area contributed by atoms with E-state index >= 15 is 0 Å². The van der Waals surface area contributed by atoms with Gasteiger partial charge in [-0.1, -0.05) is 41.5 Å². The van der Waals surface area contributed by atoms with Crippen molar-refractivity contribution in [3.63, 3.8) is 0 Å². The first-order valence-electron chi connectivity index (χ1n) is 6.27. The maximum absolute atomic E-state index is 5.47. The fourth-order valence-corrected chi connectivity index (χ4v) is 2.19. The minimum Gasteiger partial charge on any atom is -0.308 e. The van der Waals surface area contributed by atoms with Crippen LogP contribution in [0.3, 0.4) is 0 Å². The molecule has 1 rings (SSSR count). The number of nitrogen functional groups attached to an aromatic ring is 1. The topological polar surface area (TPSA) is 63.8 Å². The minimum absolute atomic E-state index is 0.0801. The fourth-order valence-electron chi connectivity index (χ4n) is 1.22. The predicted octanol–water partition coefficient (Wildman–Crippen LogP) is 3.20. The van der Waals surface area contributed by atoms with Gasteiger partial charge in [0.1, 0.15) is 16.7 Å². The molecule has 5 heteroatoms. The van der Waals surface area contributed by atoms with Crippen molar-refractivity contribution in [1.82, 2.24) is 9.97 Å². The van der Waals surface area contributed by atoms with Crippen molar-refractivity contribution in [3.05, 3.63) is 11.9 Å². The zero-order chi connectivity index (χ0) is 13.9. The Balaban J connectivity index is 3.05. The summed E-state index contributed by atoms with van der Waals surface area (Å²) >= 11 is 1.76. The number of hydrazine groups is 1. The van der Waals surface area contributed by atoms with Gasteiger partial charge in [-0.3, -0.25) is 0 Å². The molecular weight excluding hydrogens is 244 g/mol. The Bertz CT molecular complexity index is 398. The van der Waals surface area contributed by atoms with E-state index in [1.807, 2.05) is 6.07 Å². The van der Waals surface area contributed by atoms with Gasteiger partial charge in [0.15, 0.2) is 0 Å². The molecule has 0 aliphatic rings. The lowest BCUT2D eigenvalue weighted by molar-refractivity contribution is 0.539. The van der Waals surface area contributed by atoms with E-state index < -0.39 is 0 Å². The average Bonchev–Trinajstić information content (AvgIpc) is 2.27. The summed E-state index contributed by atoms with van der Waals surface area (Å²) in [5.41, 5.74) is 2.54. The molecule has 0 aliphatic carbocycles. The number of nitrogens with two attached hydrogens (primary N) is 1. The van der Waals surface area contributed by atoms with Gasteiger partial charge in [0.05, 0.1) is 0 Å². The molecule has 0 bridgehead atoms. The van der Waals surface area contributed by atoms with E-state index in [2.05, 4.69) is 56.9 Å². The van der Waals surface area contributed by atoms with Crippen molar-refractivity contribution < 1.29 is 0 Å². The molecule has 0 fully saturated rings. The number of hydrogen-bond acceptors (Lipinski definition) is 5. The number of hydrogen-bond donors (Lipinski definition) is 2. The second-order valence-electron chi connectivity index (χ2n) is 5.88. The monoisotopic (exact) mass is 268 g/mol. The number of rotatable bonds is 4. The molecule has 0 aliphatic heterocycles. The molecule has 102 valence electrons. The van der Waals surface area contributed by atoms with Crippen LogP contribution in [0.2, 0.25) is 0 Å². The zero-order valence-electron chi connectivity index (χ0n) is 12.1. The van der Waals surface area contributed by atoms with Gasteiger partial charge in [-0.15, -0.1) is 11.8 Å². The highest BCUT2D eigenvalue weighted by Gasteiger charge is 2.20. The van der Waals surface area contributed by atoms with E-state index in [1.54, 1.807) is 11.8 Å². The third-order valence-electron chi connectivity index (χ3n) is 2.77. The number of nitrogens with zero attached hydrogens (tertiary/aromatic N) is 2.